The molecule has 2 rings (SSSR count). The number of nitrogens with one attached hydrogen (secondary N) is 1. The van der Waals surface area contributed by atoms with Crippen molar-refractivity contribution in [3.8, 4) is 5.75 Å². The van der Waals surface area contributed by atoms with Crippen LogP contribution in [0.3, 0.4) is 0 Å². The Morgan fingerprint density at radius 3 is 2.95 bits per heavy atom. The van der Waals surface area contributed by atoms with E-state index in [9.17, 15) is 5.11 Å². The molecule has 0 aliphatic carbocycles. The second kappa shape index (κ2) is 8.24. The molecule has 114 valence electrons. The van der Waals surface area contributed by atoms with Crippen molar-refractivity contribution in [3.63, 3.8) is 0 Å². The second-order valence-electron chi connectivity index (χ2n) is 4.48. The Labute approximate surface area is 133 Å². The summed E-state index contributed by atoms with van der Waals surface area (Å²) in [6.07, 6.45) is -0.577. The molecule has 0 radical (unpaired) electrons. The summed E-state index contributed by atoms with van der Waals surface area (Å²) in [6, 6.07) is 9.37. The first-order valence-electron chi connectivity index (χ1n) is 6.54. The summed E-state index contributed by atoms with van der Waals surface area (Å²) in [5.41, 5.74) is 0.841. The number of methoxy groups -OCH3 is 1. The van der Waals surface area contributed by atoms with Crippen molar-refractivity contribution in [2.75, 3.05) is 25.6 Å². The smallest absolute Gasteiger partial charge is 0.139 e. The highest BCUT2D eigenvalue weighted by Gasteiger charge is 2.06. The van der Waals surface area contributed by atoms with Crippen LogP contribution in [0.2, 0.25) is 5.02 Å². The van der Waals surface area contributed by atoms with Crippen LogP contribution in [-0.2, 0) is 11.3 Å². The van der Waals surface area contributed by atoms with Gasteiger partial charge in [0.05, 0.1) is 31.5 Å². The Morgan fingerprint density at radius 2 is 2.24 bits per heavy atom. The lowest BCUT2D eigenvalue weighted by Crippen LogP contribution is -2.24. The number of aliphatic hydroxyl groups excluding tert-OH is 1. The van der Waals surface area contributed by atoms with E-state index < -0.39 is 6.10 Å². The van der Waals surface area contributed by atoms with Gasteiger partial charge < -0.3 is 19.9 Å². The zero-order chi connectivity index (χ0) is 15.1. The van der Waals surface area contributed by atoms with Gasteiger partial charge in [-0.25, -0.2) is 0 Å². The van der Waals surface area contributed by atoms with Crippen molar-refractivity contribution in [1.29, 1.82) is 0 Å². The molecule has 21 heavy (non-hydrogen) atoms. The van der Waals surface area contributed by atoms with E-state index in [1.54, 1.807) is 30.6 Å². The highest BCUT2D eigenvalue weighted by molar-refractivity contribution is 7.09. The van der Waals surface area contributed by atoms with Crippen molar-refractivity contribution in [2.45, 2.75) is 12.7 Å². The largest absolute Gasteiger partial charge is 0.495 e. The average molecular weight is 328 g/mol. The monoisotopic (exact) mass is 327 g/mol. The minimum absolute atomic E-state index is 0.287. The minimum atomic E-state index is -0.577. The predicted octanol–water partition coefficient (Wildman–Crippen LogP) is 3.40. The lowest BCUT2D eigenvalue weighted by atomic mass is 10.3. The van der Waals surface area contributed by atoms with Gasteiger partial charge in [-0.2, -0.15) is 0 Å². The van der Waals surface area contributed by atoms with E-state index in [2.05, 4.69) is 5.32 Å². The molecule has 1 heterocycles. The van der Waals surface area contributed by atoms with Gasteiger partial charge in [-0.3, -0.25) is 0 Å². The van der Waals surface area contributed by atoms with E-state index in [0.717, 1.165) is 10.6 Å². The van der Waals surface area contributed by atoms with Gasteiger partial charge in [0.25, 0.3) is 0 Å². The van der Waals surface area contributed by atoms with Gasteiger partial charge in [-0.1, -0.05) is 17.7 Å². The molecule has 4 nitrogen and oxygen atoms in total. The zero-order valence-corrected chi connectivity index (χ0v) is 13.3. The van der Waals surface area contributed by atoms with E-state index in [0.29, 0.717) is 23.9 Å². The van der Waals surface area contributed by atoms with Gasteiger partial charge in [0, 0.05) is 23.2 Å². The molecule has 0 saturated carbocycles. The number of ether oxygens (including phenoxy) is 2. The summed E-state index contributed by atoms with van der Waals surface area (Å²) in [6.45, 7) is 1.22. The molecule has 0 fully saturated rings. The molecular weight excluding hydrogens is 310 g/mol. The van der Waals surface area contributed by atoms with Crippen LogP contribution in [0.5, 0.6) is 5.75 Å². The van der Waals surface area contributed by atoms with E-state index in [1.807, 2.05) is 23.6 Å². The summed E-state index contributed by atoms with van der Waals surface area (Å²) >= 11 is 7.60. The van der Waals surface area contributed by atoms with Crippen molar-refractivity contribution >= 4 is 28.6 Å². The molecule has 1 atom stereocenters. The van der Waals surface area contributed by atoms with Gasteiger partial charge in [0.1, 0.15) is 5.75 Å². The first-order valence-corrected chi connectivity index (χ1v) is 7.80. The number of aliphatic hydroxyl groups is 1. The molecule has 0 amide bonds. The van der Waals surface area contributed by atoms with Crippen LogP contribution in [0.25, 0.3) is 0 Å². The van der Waals surface area contributed by atoms with Gasteiger partial charge in [0.2, 0.25) is 0 Å². The van der Waals surface area contributed by atoms with Gasteiger partial charge in [-0.15, -0.1) is 11.3 Å². The second-order valence-corrected chi connectivity index (χ2v) is 5.92. The number of benzene rings is 1. The standard InChI is InChI=1S/C15H18ClNO3S/c1-19-15-7-11(4-5-14(15)16)17-8-12(18)9-20-10-13-3-2-6-21-13/h2-7,12,17-18H,8-10H2,1H3. The third-order valence-corrected chi connectivity index (χ3v) is 3.99. The fourth-order valence-electron chi connectivity index (χ4n) is 1.75. The van der Waals surface area contributed by atoms with Crippen molar-refractivity contribution in [3.05, 3.63) is 45.6 Å². The molecule has 0 saturated heterocycles. The number of halogens is 1. The predicted molar refractivity (Wildman–Crippen MR) is 86.5 cm³/mol. The molecule has 1 aromatic heterocycles. The van der Waals surface area contributed by atoms with Crippen molar-refractivity contribution in [1.82, 2.24) is 0 Å². The van der Waals surface area contributed by atoms with Crippen LogP contribution in [0, 0.1) is 0 Å². The highest BCUT2D eigenvalue weighted by atomic mass is 35.5. The molecule has 0 aliphatic rings. The summed E-state index contributed by atoms with van der Waals surface area (Å²) in [7, 11) is 1.57. The minimum Gasteiger partial charge on any atom is -0.495 e. The Kier molecular flexibility index (Phi) is 6.32. The summed E-state index contributed by atoms with van der Waals surface area (Å²) in [5, 5.41) is 15.6. The maximum atomic E-state index is 9.88. The zero-order valence-electron chi connectivity index (χ0n) is 11.7. The van der Waals surface area contributed by atoms with Crippen molar-refractivity contribution < 1.29 is 14.6 Å². The van der Waals surface area contributed by atoms with Crippen LogP contribution in [0.15, 0.2) is 35.7 Å². The molecule has 0 spiro atoms. The lowest BCUT2D eigenvalue weighted by Gasteiger charge is -2.14. The molecule has 6 heteroatoms. The topological polar surface area (TPSA) is 50.7 Å². The normalized spacial score (nSPS) is 12.1. The van der Waals surface area contributed by atoms with E-state index in [-0.39, 0.29) is 6.61 Å². The Bertz CT molecular complexity index is 548. The van der Waals surface area contributed by atoms with Crippen LogP contribution in [0.1, 0.15) is 4.88 Å². The molecule has 2 N–H and O–H groups in total. The molecule has 0 aliphatic heterocycles. The molecular formula is C15H18ClNO3S. The molecule has 1 unspecified atom stereocenters. The van der Waals surface area contributed by atoms with E-state index in [4.69, 9.17) is 21.1 Å². The number of hydrogen-bond donors (Lipinski definition) is 2. The van der Waals surface area contributed by atoms with Crippen LogP contribution in [0.4, 0.5) is 5.69 Å². The third kappa shape index (κ3) is 5.21. The number of hydrogen-bond acceptors (Lipinski definition) is 5. The fourth-order valence-corrected chi connectivity index (χ4v) is 2.59. The van der Waals surface area contributed by atoms with Gasteiger partial charge in [-0.05, 0) is 23.6 Å². The van der Waals surface area contributed by atoms with Crippen LogP contribution in [-0.4, -0.2) is 31.5 Å². The molecule has 1 aromatic carbocycles. The van der Waals surface area contributed by atoms with Crippen LogP contribution >= 0.6 is 22.9 Å². The van der Waals surface area contributed by atoms with Gasteiger partial charge in [0.15, 0.2) is 0 Å². The van der Waals surface area contributed by atoms with E-state index >= 15 is 0 Å². The number of anilines is 1. The van der Waals surface area contributed by atoms with E-state index in [1.165, 1.54) is 0 Å². The number of thiophene rings is 1. The summed E-state index contributed by atoms with van der Waals surface area (Å²) in [5.74, 6) is 0.602. The maximum Gasteiger partial charge on any atom is 0.139 e. The third-order valence-electron chi connectivity index (χ3n) is 2.83. The maximum absolute atomic E-state index is 9.88. The first-order chi connectivity index (χ1) is 10.2. The Balaban J connectivity index is 1.72. The fraction of sp³-hybridized carbons (Fsp3) is 0.333. The first kappa shape index (κ1) is 16.1. The Morgan fingerprint density at radius 1 is 1.38 bits per heavy atom. The summed E-state index contributed by atoms with van der Waals surface area (Å²) in [4.78, 5) is 1.15. The number of rotatable bonds is 8. The lowest BCUT2D eigenvalue weighted by molar-refractivity contribution is 0.0359. The average Bonchev–Trinajstić information content (AvgIpc) is 2.99. The molecule has 2 aromatic rings. The van der Waals surface area contributed by atoms with Crippen LogP contribution < -0.4 is 10.1 Å². The summed E-state index contributed by atoms with van der Waals surface area (Å²) < 4.78 is 10.6. The SMILES string of the molecule is COc1cc(NCC(O)COCc2cccs2)ccc1Cl. The highest BCUT2D eigenvalue weighted by Crippen LogP contribution is 2.27. The Hall–Kier alpha value is -1.27. The quantitative estimate of drug-likeness (QED) is 0.780. The van der Waals surface area contributed by atoms with Crippen molar-refractivity contribution in [2.24, 2.45) is 0 Å². The molecule has 0 bridgehead atoms. The van der Waals surface area contributed by atoms with Gasteiger partial charge >= 0.3 is 0 Å².